The minimum absolute atomic E-state index is 0.290. The molecule has 0 spiro atoms. The molecule has 1 saturated carbocycles. The molecule has 0 aromatic rings. The monoisotopic (exact) mass is 266 g/mol. The largest absolute Gasteiger partial charge is 0.342 e. The number of likely N-dealkylation sites (tertiary alicyclic amines) is 1. The molecule has 2 fully saturated rings. The molecule has 3 nitrogen and oxygen atoms in total. The number of amides is 1. The van der Waals surface area contributed by atoms with Crippen LogP contribution in [0.3, 0.4) is 0 Å². The summed E-state index contributed by atoms with van der Waals surface area (Å²) >= 11 is 0. The van der Waals surface area contributed by atoms with Crippen molar-refractivity contribution in [2.24, 2.45) is 10.8 Å². The van der Waals surface area contributed by atoms with Crippen LogP contribution in [-0.2, 0) is 4.79 Å². The molecule has 2 aliphatic rings. The molecule has 1 amide bonds. The highest BCUT2D eigenvalue weighted by molar-refractivity contribution is 5.78. The number of hydrogen-bond acceptors (Lipinski definition) is 2. The normalized spacial score (nSPS) is 26.6. The SMILES string of the molecule is CC1(C)CC(NCC(=O)N2CCCC2)CC(C)(C)C1. The summed E-state index contributed by atoms with van der Waals surface area (Å²) in [6.45, 7) is 11.9. The molecule has 0 atom stereocenters. The first kappa shape index (κ1) is 14.8. The summed E-state index contributed by atoms with van der Waals surface area (Å²) in [6, 6.07) is 0.491. The highest BCUT2D eigenvalue weighted by Crippen LogP contribution is 2.45. The highest BCUT2D eigenvalue weighted by Gasteiger charge is 2.38. The zero-order valence-corrected chi connectivity index (χ0v) is 13.1. The van der Waals surface area contributed by atoms with E-state index in [0.717, 1.165) is 13.1 Å². The van der Waals surface area contributed by atoms with Gasteiger partial charge in [-0.25, -0.2) is 0 Å². The molecule has 0 unspecified atom stereocenters. The van der Waals surface area contributed by atoms with E-state index in [1.54, 1.807) is 0 Å². The van der Waals surface area contributed by atoms with Crippen molar-refractivity contribution in [2.75, 3.05) is 19.6 Å². The van der Waals surface area contributed by atoms with Crippen LogP contribution < -0.4 is 5.32 Å². The van der Waals surface area contributed by atoms with Crippen LogP contribution >= 0.6 is 0 Å². The van der Waals surface area contributed by atoms with Crippen LogP contribution in [0, 0.1) is 10.8 Å². The van der Waals surface area contributed by atoms with Gasteiger partial charge in [-0.2, -0.15) is 0 Å². The second kappa shape index (κ2) is 5.43. The van der Waals surface area contributed by atoms with Gasteiger partial charge in [0.25, 0.3) is 0 Å². The number of carbonyl (C=O) groups excluding carboxylic acids is 1. The maximum absolute atomic E-state index is 12.1. The van der Waals surface area contributed by atoms with Crippen molar-refractivity contribution in [3.63, 3.8) is 0 Å². The summed E-state index contributed by atoms with van der Waals surface area (Å²) in [5.41, 5.74) is 0.770. The minimum Gasteiger partial charge on any atom is -0.342 e. The zero-order valence-electron chi connectivity index (χ0n) is 13.1. The van der Waals surface area contributed by atoms with Crippen LogP contribution in [0.25, 0.3) is 0 Å². The third-order valence-corrected chi connectivity index (χ3v) is 4.56. The lowest BCUT2D eigenvalue weighted by Crippen LogP contribution is -2.47. The van der Waals surface area contributed by atoms with Crippen molar-refractivity contribution in [1.82, 2.24) is 10.2 Å². The van der Waals surface area contributed by atoms with Gasteiger partial charge >= 0.3 is 0 Å². The Kier molecular flexibility index (Phi) is 4.24. The first-order valence-corrected chi connectivity index (χ1v) is 7.79. The quantitative estimate of drug-likeness (QED) is 0.852. The van der Waals surface area contributed by atoms with E-state index >= 15 is 0 Å². The fourth-order valence-electron chi connectivity index (χ4n) is 4.30. The highest BCUT2D eigenvalue weighted by atomic mass is 16.2. The molecule has 1 heterocycles. The van der Waals surface area contributed by atoms with Crippen LogP contribution in [0.5, 0.6) is 0 Å². The van der Waals surface area contributed by atoms with E-state index in [4.69, 9.17) is 0 Å². The van der Waals surface area contributed by atoms with Gasteiger partial charge < -0.3 is 10.2 Å². The van der Waals surface area contributed by atoms with Gasteiger partial charge in [-0.05, 0) is 42.9 Å². The summed E-state index contributed by atoms with van der Waals surface area (Å²) in [4.78, 5) is 14.1. The summed E-state index contributed by atoms with van der Waals surface area (Å²) in [7, 11) is 0. The summed E-state index contributed by atoms with van der Waals surface area (Å²) in [5, 5.41) is 3.52. The fraction of sp³-hybridized carbons (Fsp3) is 0.938. The van der Waals surface area contributed by atoms with E-state index in [2.05, 4.69) is 33.0 Å². The van der Waals surface area contributed by atoms with Gasteiger partial charge in [-0.15, -0.1) is 0 Å². The second-order valence-corrected chi connectivity index (χ2v) is 8.08. The topological polar surface area (TPSA) is 32.3 Å². The van der Waals surface area contributed by atoms with E-state index < -0.39 is 0 Å². The Balaban J connectivity index is 1.83. The van der Waals surface area contributed by atoms with E-state index in [1.165, 1.54) is 32.1 Å². The lowest BCUT2D eigenvalue weighted by atomic mass is 9.63. The van der Waals surface area contributed by atoms with Gasteiger partial charge in [0.05, 0.1) is 6.54 Å². The lowest BCUT2D eigenvalue weighted by Gasteiger charge is -2.45. The number of nitrogens with one attached hydrogen (secondary N) is 1. The predicted molar refractivity (Wildman–Crippen MR) is 79.0 cm³/mol. The van der Waals surface area contributed by atoms with E-state index in [0.29, 0.717) is 29.3 Å². The van der Waals surface area contributed by atoms with E-state index in [9.17, 15) is 4.79 Å². The minimum atomic E-state index is 0.290. The maximum Gasteiger partial charge on any atom is 0.236 e. The number of hydrogen-bond donors (Lipinski definition) is 1. The number of nitrogens with zero attached hydrogens (tertiary/aromatic N) is 1. The van der Waals surface area contributed by atoms with Gasteiger partial charge in [0.15, 0.2) is 0 Å². The van der Waals surface area contributed by atoms with Crippen molar-refractivity contribution in [1.29, 1.82) is 0 Å². The van der Waals surface area contributed by atoms with Crippen molar-refractivity contribution in [2.45, 2.75) is 65.8 Å². The summed E-state index contributed by atoms with van der Waals surface area (Å²) < 4.78 is 0. The van der Waals surface area contributed by atoms with Gasteiger partial charge in [0.1, 0.15) is 0 Å². The molecule has 1 aliphatic carbocycles. The molecule has 110 valence electrons. The molecular formula is C16H30N2O. The van der Waals surface area contributed by atoms with Crippen LogP contribution in [-0.4, -0.2) is 36.5 Å². The Labute approximate surface area is 118 Å². The molecule has 0 aromatic carbocycles. The average molecular weight is 266 g/mol. The Morgan fingerprint density at radius 3 is 2.16 bits per heavy atom. The van der Waals surface area contributed by atoms with E-state index in [1.807, 2.05) is 4.90 Å². The molecule has 0 bridgehead atoms. The summed E-state index contributed by atoms with van der Waals surface area (Å²) in [6.07, 6.45) is 6.00. The molecule has 0 aromatic heterocycles. The zero-order chi connectivity index (χ0) is 14.1. The first-order chi connectivity index (χ1) is 8.77. The Bertz CT molecular complexity index is 314. The summed E-state index contributed by atoms with van der Waals surface area (Å²) in [5.74, 6) is 0.290. The molecular weight excluding hydrogens is 236 g/mol. The third kappa shape index (κ3) is 4.20. The number of carbonyl (C=O) groups is 1. The Morgan fingerprint density at radius 2 is 1.63 bits per heavy atom. The Morgan fingerprint density at radius 1 is 1.11 bits per heavy atom. The van der Waals surface area contributed by atoms with Crippen molar-refractivity contribution < 1.29 is 4.79 Å². The van der Waals surface area contributed by atoms with E-state index in [-0.39, 0.29) is 0 Å². The molecule has 1 saturated heterocycles. The fourth-order valence-corrected chi connectivity index (χ4v) is 4.30. The second-order valence-electron chi connectivity index (χ2n) is 8.08. The third-order valence-electron chi connectivity index (χ3n) is 4.56. The first-order valence-electron chi connectivity index (χ1n) is 7.79. The molecule has 1 aliphatic heterocycles. The Hall–Kier alpha value is -0.570. The number of rotatable bonds is 3. The van der Waals surface area contributed by atoms with Crippen LogP contribution in [0.15, 0.2) is 0 Å². The van der Waals surface area contributed by atoms with Crippen molar-refractivity contribution >= 4 is 5.91 Å². The molecule has 0 radical (unpaired) electrons. The van der Waals surface area contributed by atoms with Crippen LogP contribution in [0.4, 0.5) is 0 Å². The molecule has 3 heteroatoms. The van der Waals surface area contributed by atoms with Gasteiger partial charge in [0, 0.05) is 19.1 Å². The van der Waals surface area contributed by atoms with Gasteiger partial charge in [-0.1, -0.05) is 27.7 Å². The van der Waals surface area contributed by atoms with Crippen molar-refractivity contribution in [3.05, 3.63) is 0 Å². The van der Waals surface area contributed by atoms with Crippen LogP contribution in [0.2, 0.25) is 0 Å². The lowest BCUT2D eigenvalue weighted by molar-refractivity contribution is -0.129. The molecule has 19 heavy (non-hydrogen) atoms. The van der Waals surface area contributed by atoms with Crippen molar-refractivity contribution in [3.8, 4) is 0 Å². The smallest absolute Gasteiger partial charge is 0.236 e. The average Bonchev–Trinajstić information content (AvgIpc) is 2.74. The standard InChI is InChI=1S/C16H30N2O/c1-15(2)9-13(10-16(3,4)12-15)17-11-14(19)18-7-5-6-8-18/h13,17H,5-12H2,1-4H3. The van der Waals surface area contributed by atoms with Crippen LogP contribution in [0.1, 0.15) is 59.8 Å². The van der Waals surface area contributed by atoms with Gasteiger partial charge in [0.2, 0.25) is 5.91 Å². The molecule has 2 rings (SSSR count). The predicted octanol–water partition coefficient (Wildman–Crippen LogP) is 2.80. The molecule has 1 N–H and O–H groups in total. The maximum atomic E-state index is 12.1. The van der Waals surface area contributed by atoms with Gasteiger partial charge in [-0.3, -0.25) is 4.79 Å².